The molecule has 1 aromatic heterocycles. The molecule has 2 aliphatic rings. The Morgan fingerprint density at radius 3 is 2.91 bits per heavy atom. The summed E-state index contributed by atoms with van der Waals surface area (Å²) < 4.78 is 0.841. The molecule has 1 N–H and O–H groups in total. The number of aromatic nitrogens is 1. The fourth-order valence-corrected chi connectivity index (χ4v) is 4.52. The molecular formula is C18H19BrN2O2. The van der Waals surface area contributed by atoms with Crippen molar-refractivity contribution in [2.75, 3.05) is 6.54 Å². The maximum atomic E-state index is 12.9. The van der Waals surface area contributed by atoms with Crippen LogP contribution in [-0.2, 0) is 0 Å². The number of halogens is 1. The molecule has 1 saturated carbocycles. The summed E-state index contributed by atoms with van der Waals surface area (Å²) in [5, 5.41) is 0.560. The van der Waals surface area contributed by atoms with Gasteiger partial charge in [0.15, 0.2) is 0 Å². The number of likely N-dealkylation sites (tertiary alicyclic amines) is 1. The maximum absolute atomic E-state index is 12.9. The summed E-state index contributed by atoms with van der Waals surface area (Å²) in [6.07, 6.45) is 7.41. The molecule has 1 aromatic carbocycles. The average Bonchev–Trinajstić information content (AvgIpc) is 2.99. The van der Waals surface area contributed by atoms with E-state index in [1.165, 1.54) is 19.3 Å². The number of benzene rings is 1. The van der Waals surface area contributed by atoms with Gasteiger partial charge in [-0.15, -0.1) is 0 Å². The summed E-state index contributed by atoms with van der Waals surface area (Å²) in [5.41, 5.74) is 0.845. The predicted molar refractivity (Wildman–Crippen MR) is 93.7 cm³/mol. The van der Waals surface area contributed by atoms with Gasteiger partial charge >= 0.3 is 0 Å². The maximum Gasteiger partial charge on any atom is 0.259 e. The smallest absolute Gasteiger partial charge is 0.259 e. The van der Waals surface area contributed by atoms with Gasteiger partial charge in [-0.25, -0.2) is 0 Å². The molecule has 1 aliphatic heterocycles. The first-order chi connectivity index (χ1) is 11.1. The minimum Gasteiger partial charge on any atom is -0.360 e. The number of rotatable bonds is 1. The van der Waals surface area contributed by atoms with Crippen LogP contribution < -0.4 is 5.43 Å². The second-order valence-corrected chi connectivity index (χ2v) is 7.54. The first-order valence-electron chi connectivity index (χ1n) is 8.27. The highest BCUT2D eigenvalue weighted by Crippen LogP contribution is 2.36. The number of H-pyrrole nitrogens is 1. The zero-order valence-corrected chi connectivity index (χ0v) is 14.4. The van der Waals surface area contributed by atoms with Crippen molar-refractivity contribution in [2.24, 2.45) is 5.92 Å². The minimum absolute atomic E-state index is 0.109. The van der Waals surface area contributed by atoms with Gasteiger partial charge in [-0.3, -0.25) is 9.59 Å². The molecule has 2 fully saturated rings. The third-order valence-corrected chi connectivity index (χ3v) is 5.84. The van der Waals surface area contributed by atoms with Crippen LogP contribution in [0, 0.1) is 5.92 Å². The molecule has 5 heteroatoms. The Labute approximate surface area is 143 Å². The molecule has 120 valence electrons. The Hall–Kier alpha value is -1.62. The number of aromatic amines is 1. The van der Waals surface area contributed by atoms with E-state index in [4.69, 9.17) is 0 Å². The quantitative estimate of drug-likeness (QED) is 0.827. The van der Waals surface area contributed by atoms with Crippen LogP contribution in [-0.4, -0.2) is 28.4 Å². The normalized spacial score (nSPS) is 24.0. The lowest BCUT2D eigenvalue weighted by Gasteiger charge is -2.31. The van der Waals surface area contributed by atoms with E-state index in [-0.39, 0.29) is 16.9 Å². The van der Waals surface area contributed by atoms with Crippen LogP contribution in [0.15, 0.2) is 33.7 Å². The van der Waals surface area contributed by atoms with Gasteiger partial charge in [0, 0.05) is 34.2 Å². The van der Waals surface area contributed by atoms with E-state index >= 15 is 0 Å². The second-order valence-electron chi connectivity index (χ2n) is 6.62. The predicted octanol–water partition coefficient (Wildman–Crippen LogP) is 3.70. The standard InChI is InChI=1S/C18H19BrN2O2/c19-12-5-6-15-13(9-12)17(22)14(10-20-15)18(23)21-8-7-11-3-1-2-4-16(11)21/h5-6,9-11,16H,1-4,7-8H2,(H,20,22)/t11-,16+/m0/s1. The van der Waals surface area contributed by atoms with E-state index in [9.17, 15) is 9.59 Å². The highest BCUT2D eigenvalue weighted by Gasteiger charge is 2.39. The number of pyridine rings is 1. The van der Waals surface area contributed by atoms with Gasteiger partial charge in [0.05, 0.1) is 0 Å². The molecule has 0 spiro atoms. The zero-order valence-electron chi connectivity index (χ0n) is 12.8. The van der Waals surface area contributed by atoms with Crippen LogP contribution in [0.4, 0.5) is 0 Å². The molecule has 23 heavy (non-hydrogen) atoms. The average molecular weight is 375 g/mol. The third kappa shape index (κ3) is 2.51. The SMILES string of the molecule is O=C(c1c[nH]c2ccc(Br)cc2c1=O)N1CC[C@@H]2CCCC[C@H]21. The van der Waals surface area contributed by atoms with Crippen molar-refractivity contribution in [1.82, 2.24) is 9.88 Å². The first-order valence-corrected chi connectivity index (χ1v) is 9.06. The largest absolute Gasteiger partial charge is 0.360 e. The lowest BCUT2D eigenvalue weighted by Crippen LogP contribution is -2.41. The summed E-state index contributed by atoms with van der Waals surface area (Å²) in [5.74, 6) is 0.518. The highest BCUT2D eigenvalue weighted by molar-refractivity contribution is 9.10. The molecule has 0 bridgehead atoms. The van der Waals surface area contributed by atoms with E-state index in [1.807, 2.05) is 17.0 Å². The number of hydrogen-bond donors (Lipinski definition) is 1. The summed E-state index contributed by atoms with van der Waals surface area (Å²) in [6, 6.07) is 5.83. The first kappa shape index (κ1) is 14.9. The fourth-order valence-electron chi connectivity index (χ4n) is 4.16. The summed E-state index contributed by atoms with van der Waals surface area (Å²) in [4.78, 5) is 30.7. The van der Waals surface area contributed by atoms with Crippen LogP contribution in [0.25, 0.3) is 10.9 Å². The molecule has 4 nitrogen and oxygen atoms in total. The zero-order chi connectivity index (χ0) is 16.0. The van der Waals surface area contributed by atoms with Crippen LogP contribution in [0.1, 0.15) is 42.5 Å². The summed E-state index contributed by atoms with van der Waals surface area (Å²) >= 11 is 3.39. The van der Waals surface area contributed by atoms with Crippen molar-refractivity contribution >= 4 is 32.7 Å². The van der Waals surface area contributed by atoms with Crippen molar-refractivity contribution < 1.29 is 4.79 Å². The van der Waals surface area contributed by atoms with Crippen LogP contribution >= 0.6 is 15.9 Å². The van der Waals surface area contributed by atoms with Gasteiger partial charge in [0.1, 0.15) is 5.56 Å². The van der Waals surface area contributed by atoms with E-state index in [0.717, 1.165) is 29.4 Å². The number of carbonyl (C=O) groups is 1. The Morgan fingerprint density at radius 2 is 2.04 bits per heavy atom. The van der Waals surface area contributed by atoms with Gasteiger partial charge in [0.25, 0.3) is 5.91 Å². The van der Waals surface area contributed by atoms with Crippen molar-refractivity contribution in [1.29, 1.82) is 0 Å². The lowest BCUT2D eigenvalue weighted by molar-refractivity contribution is 0.0688. The number of fused-ring (bicyclic) bond motifs is 2. The van der Waals surface area contributed by atoms with Gasteiger partial charge in [-0.05, 0) is 43.4 Å². The number of nitrogens with one attached hydrogen (secondary N) is 1. The molecule has 2 atom stereocenters. The molecule has 0 unspecified atom stereocenters. The Balaban J connectivity index is 1.72. The van der Waals surface area contributed by atoms with Crippen LogP contribution in [0.3, 0.4) is 0 Å². The highest BCUT2D eigenvalue weighted by atomic mass is 79.9. The second kappa shape index (κ2) is 5.78. The molecule has 2 heterocycles. The number of nitrogens with zero attached hydrogens (tertiary/aromatic N) is 1. The summed E-state index contributed by atoms with van der Waals surface area (Å²) in [6.45, 7) is 0.782. The number of carbonyl (C=O) groups excluding carboxylic acids is 1. The van der Waals surface area contributed by atoms with Crippen molar-refractivity contribution in [2.45, 2.75) is 38.1 Å². The van der Waals surface area contributed by atoms with Crippen molar-refractivity contribution in [3.05, 3.63) is 44.7 Å². The molecule has 1 saturated heterocycles. The molecule has 2 aromatic rings. The molecule has 4 rings (SSSR count). The molecule has 0 radical (unpaired) electrons. The van der Waals surface area contributed by atoms with Crippen molar-refractivity contribution in [3.63, 3.8) is 0 Å². The molecular weight excluding hydrogens is 356 g/mol. The minimum atomic E-state index is -0.177. The van der Waals surface area contributed by atoms with Crippen LogP contribution in [0.2, 0.25) is 0 Å². The third-order valence-electron chi connectivity index (χ3n) is 5.34. The molecule has 1 aliphatic carbocycles. The number of hydrogen-bond acceptors (Lipinski definition) is 2. The van der Waals surface area contributed by atoms with E-state index < -0.39 is 0 Å². The molecule has 1 amide bonds. The number of amides is 1. The van der Waals surface area contributed by atoms with E-state index in [1.54, 1.807) is 12.3 Å². The topological polar surface area (TPSA) is 53.2 Å². The fraction of sp³-hybridized carbons (Fsp3) is 0.444. The van der Waals surface area contributed by atoms with Gasteiger partial charge in [0.2, 0.25) is 5.43 Å². The van der Waals surface area contributed by atoms with Gasteiger partial charge < -0.3 is 9.88 Å². The Kier molecular flexibility index (Phi) is 3.76. The van der Waals surface area contributed by atoms with Gasteiger partial charge in [-0.2, -0.15) is 0 Å². The van der Waals surface area contributed by atoms with Gasteiger partial charge in [-0.1, -0.05) is 28.8 Å². The monoisotopic (exact) mass is 374 g/mol. The van der Waals surface area contributed by atoms with E-state index in [2.05, 4.69) is 20.9 Å². The Bertz CT molecular complexity index is 829. The lowest BCUT2D eigenvalue weighted by atomic mass is 9.85. The van der Waals surface area contributed by atoms with E-state index in [0.29, 0.717) is 17.3 Å². The summed E-state index contributed by atoms with van der Waals surface area (Å²) in [7, 11) is 0. The van der Waals surface area contributed by atoms with Crippen molar-refractivity contribution in [3.8, 4) is 0 Å². The Morgan fingerprint density at radius 1 is 1.22 bits per heavy atom. The van der Waals surface area contributed by atoms with Crippen LogP contribution in [0.5, 0.6) is 0 Å².